The van der Waals surface area contributed by atoms with Gasteiger partial charge in [0.15, 0.2) is 0 Å². The molecular weight excluding hydrogens is 292 g/mol. The molecule has 1 amide bonds. The van der Waals surface area contributed by atoms with Crippen LogP contribution in [0.25, 0.3) is 0 Å². The number of aliphatic hydroxyl groups is 1. The molecule has 0 aliphatic rings. The number of amides is 1. The zero-order chi connectivity index (χ0) is 17.5. The molecular formula is C18H30N2O3. The van der Waals surface area contributed by atoms with Crippen LogP contribution in [0.2, 0.25) is 0 Å². The Morgan fingerprint density at radius 1 is 1.39 bits per heavy atom. The summed E-state index contributed by atoms with van der Waals surface area (Å²) < 4.78 is 5.17. The number of ether oxygens (including phenoxy) is 1. The van der Waals surface area contributed by atoms with Crippen LogP contribution < -0.4 is 10.6 Å². The third kappa shape index (κ3) is 5.94. The molecule has 0 aliphatic carbocycles. The summed E-state index contributed by atoms with van der Waals surface area (Å²) in [6.45, 7) is 8.81. The second-order valence-electron chi connectivity index (χ2n) is 6.56. The number of carbonyl (C=O) groups is 1. The number of hydrogen-bond acceptors (Lipinski definition) is 4. The number of para-hydroxylation sites is 1. The number of aliphatic hydroxyl groups excluding tert-OH is 1. The van der Waals surface area contributed by atoms with Crippen LogP contribution in [0.3, 0.4) is 0 Å². The summed E-state index contributed by atoms with van der Waals surface area (Å²) in [6, 6.07) is 6.05. The molecule has 1 atom stereocenters. The van der Waals surface area contributed by atoms with Gasteiger partial charge in [0.05, 0.1) is 13.2 Å². The van der Waals surface area contributed by atoms with Crippen molar-refractivity contribution in [2.75, 3.05) is 32.2 Å². The van der Waals surface area contributed by atoms with Gasteiger partial charge < -0.3 is 20.5 Å². The predicted octanol–water partition coefficient (Wildman–Crippen LogP) is 2.43. The lowest BCUT2D eigenvalue weighted by Crippen LogP contribution is -2.49. The maximum Gasteiger partial charge on any atom is 0.238 e. The van der Waals surface area contributed by atoms with E-state index in [0.29, 0.717) is 18.9 Å². The van der Waals surface area contributed by atoms with E-state index in [9.17, 15) is 4.79 Å². The van der Waals surface area contributed by atoms with Gasteiger partial charge in [-0.25, -0.2) is 0 Å². The first-order valence-electron chi connectivity index (χ1n) is 8.07. The number of aryl methyl sites for hydroxylation is 1. The van der Waals surface area contributed by atoms with E-state index in [-0.39, 0.29) is 19.1 Å². The number of hydrogen-bond donors (Lipinski definition) is 3. The summed E-state index contributed by atoms with van der Waals surface area (Å²) in [5, 5.41) is 15.4. The Labute approximate surface area is 139 Å². The van der Waals surface area contributed by atoms with E-state index in [4.69, 9.17) is 9.84 Å². The van der Waals surface area contributed by atoms with E-state index in [1.54, 1.807) is 7.11 Å². The highest BCUT2D eigenvalue weighted by atomic mass is 16.5. The third-order valence-corrected chi connectivity index (χ3v) is 3.99. The van der Waals surface area contributed by atoms with Crippen molar-refractivity contribution >= 4 is 11.6 Å². The summed E-state index contributed by atoms with van der Waals surface area (Å²) in [5.74, 6) is 0.243. The van der Waals surface area contributed by atoms with Crippen LogP contribution in [0, 0.1) is 6.92 Å². The van der Waals surface area contributed by atoms with E-state index in [1.165, 1.54) is 0 Å². The molecule has 1 unspecified atom stereocenters. The number of carbonyl (C=O) groups excluding carboxylic acids is 1. The van der Waals surface area contributed by atoms with Crippen molar-refractivity contribution in [1.82, 2.24) is 5.32 Å². The van der Waals surface area contributed by atoms with Crippen LogP contribution in [0.15, 0.2) is 18.2 Å². The van der Waals surface area contributed by atoms with Crippen molar-refractivity contribution in [3.05, 3.63) is 29.3 Å². The minimum atomic E-state index is -0.423. The molecule has 130 valence electrons. The SMILES string of the molecule is COCC(C)(CCO)NCC(=O)Nc1c(C)cccc1C(C)C. The first-order valence-corrected chi connectivity index (χ1v) is 8.07. The van der Waals surface area contributed by atoms with Crippen LogP contribution in [-0.2, 0) is 9.53 Å². The second-order valence-corrected chi connectivity index (χ2v) is 6.56. The molecule has 0 aromatic heterocycles. The lowest BCUT2D eigenvalue weighted by molar-refractivity contribution is -0.115. The van der Waals surface area contributed by atoms with Crippen molar-refractivity contribution < 1.29 is 14.6 Å². The molecule has 0 fully saturated rings. The zero-order valence-corrected chi connectivity index (χ0v) is 14.9. The van der Waals surface area contributed by atoms with Crippen molar-refractivity contribution in [2.45, 2.75) is 45.6 Å². The molecule has 1 aromatic carbocycles. The molecule has 1 aromatic rings. The molecule has 5 heteroatoms. The summed E-state index contributed by atoms with van der Waals surface area (Å²) in [7, 11) is 1.61. The van der Waals surface area contributed by atoms with Crippen LogP contribution >= 0.6 is 0 Å². The Kier molecular flexibility index (Phi) is 7.68. The first kappa shape index (κ1) is 19.6. The Morgan fingerprint density at radius 2 is 2.09 bits per heavy atom. The Bertz CT molecular complexity index is 509. The highest BCUT2D eigenvalue weighted by Crippen LogP contribution is 2.27. The molecule has 0 saturated heterocycles. The fourth-order valence-corrected chi connectivity index (χ4v) is 2.60. The van der Waals surface area contributed by atoms with Gasteiger partial charge in [-0.3, -0.25) is 4.79 Å². The van der Waals surface area contributed by atoms with Crippen molar-refractivity contribution in [2.24, 2.45) is 0 Å². The van der Waals surface area contributed by atoms with E-state index < -0.39 is 5.54 Å². The van der Waals surface area contributed by atoms with E-state index in [1.807, 2.05) is 32.0 Å². The van der Waals surface area contributed by atoms with Crippen LogP contribution in [0.5, 0.6) is 0 Å². The molecule has 0 spiro atoms. The fraction of sp³-hybridized carbons (Fsp3) is 0.611. The number of benzene rings is 1. The summed E-state index contributed by atoms with van der Waals surface area (Å²) in [5.41, 5.74) is 2.66. The lowest BCUT2D eigenvalue weighted by Gasteiger charge is -2.29. The first-order chi connectivity index (χ1) is 10.8. The lowest BCUT2D eigenvalue weighted by atomic mass is 9.98. The number of nitrogens with one attached hydrogen (secondary N) is 2. The van der Waals surface area contributed by atoms with Gasteiger partial charge >= 0.3 is 0 Å². The van der Waals surface area contributed by atoms with Gasteiger partial charge in [-0.15, -0.1) is 0 Å². The maximum atomic E-state index is 12.3. The molecule has 0 radical (unpaired) electrons. The summed E-state index contributed by atoms with van der Waals surface area (Å²) in [4.78, 5) is 12.3. The van der Waals surface area contributed by atoms with Gasteiger partial charge in [0.1, 0.15) is 0 Å². The summed E-state index contributed by atoms with van der Waals surface area (Å²) in [6.07, 6.45) is 0.524. The van der Waals surface area contributed by atoms with Gasteiger partial charge in [0.2, 0.25) is 5.91 Å². The topological polar surface area (TPSA) is 70.6 Å². The smallest absolute Gasteiger partial charge is 0.238 e. The third-order valence-electron chi connectivity index (χ3n) is 3.99. The number of methoxy groups -OCH3 is 1. The zero-order valence-electron chi connectivity index (χ0n) is 14.9. The fourth-order valence-electron chi connectivity index (χ4n) is 2.60. The Morgan fingerprint density at radius 3 is 2.65 bits per heavy atom. The quantitative estimate of drug-likeness (QED) is 0.653. The average Bonchev–Trinajstić information content (AvgIpc) is 2.47. The normalized spacial score (nSPS) is 13.9. The van der Waals surface area contributed by atoms with Gasteiger partial charge in [-0.05, 0) is 37.3 Å². The average molecular weight is 322 g/mol. The second kappa shape index (κ2) is 9.01. The highest BCUT2D eigenvalue weighted by Gasteiger charge is 2.24. The molecule has 0 heterocycles. The predicted molar refractivity (Wildman–Crippen MR) is 93.9 cm³/mol. The summed E-state index contributed by atoms with van der Waals surface area (Å²) >= 11 is 0. The van der Waals surface area contributed by atoms with Gasteiger partial charge in [0, 0.05) is 24.9 Å². The van der Waals surface area contributed by atoms with Crippen LogP contribution in [0.4, 0.5) is 5.69 Å². The number of rotatable bonds is 9. The monoisotopic (exact) mass is 322 g/mol. The highest BCUT2D eigenvalue weighted by molar-refractivity contribution is 5.94. The minimum absolute atomic E-state index is 0.0454. The van der Waals surface area contributed by atoms with Crippen molar-refractivity contribution in [3.8, 4) is 0 Å². The molecule has 0 bridgehead atoms. The van der Waals surface area contributed by atoms with E-state index >= 15 is 0 Å². The minimum Gasteiger partial charge on any atom is -0.396 e. The Balaban J connectivity index is 2.74. The van der Waals surface area contributed by atoms with Crippen LogP contribution in [-0.4, -0.2) is 43.4 Å². The van der Waals surface area contributed by atoms with Crippen LogP contribution in [0.1, 0.15) is 44.2 Å². The standard InChI is InChI=1S/C18H30N2O3/c1-13(2)15-8-6-7-14(3)17(15)20-16(22)11-19-18(4,9-10-21)12-23-5/h6-8,13,19,21H,9-12H2,1-5H3,(H,20,22). The van der Waals surface area contributed by atoms with Crippen molar-refractivity contribution in [3.63, 3.8) is 0 Å². The maximum absolute atomic E-state index is 12.3. The number of anilines is 1. The van der Waals surface area contributed by atoms with Gasteiger partial charge in [-0.1, -0.05) is 32.0 Å². The van der Waals surface area contributed by atoms with Gasteiger partial charge in [-0.2, -0.15) is 0 Å². The Hall–Kier alpha value is -1.43. The van der Waals surface area contributed by atoms with Crippen molar-refractivity contribution in [1.29, 1.82) is 0 Å². The molecule has 0 aliphatic heterocycles. The largest absolute Gasteiger partial charge is 0.396 e. The van der Waals surface area contributed by atoms with E-state index in [2.05, 4.69) is 24.5 Å². The molecule has 3 N–H and O–H groups in total. The molecule has 0 saturated carbocycles. The van der Waals surface area contributed by atoms with E-state index in [0.717, 1.165) is 16.8 Å². The molecule has 5 nitrogen and oxygen atoms in total. The van der Waals surface area contributed by atoms with Gasteiger partial charge in [0.25, 0.3) is 0 Å². The molecule has 23 heavy (non-hydrogen) atoms. The molecule has 1 rings (SSSR count).